The largest absolute Gasteiger partial charge is 0.240 e. The van der Waals surface area contributed by atoms with E-state index >= 15 is 0 Å². The topological polar surface area (TPSA) is 92.3 Å². The number of nitrogens with one attached hydrogen (secondary N) is 2. The number of hydrogen-bond donors (Lipinski definition) is 2. The maximum Gasteiger partial charge on any atom is 0.240 e. The molecule has 1 saturated carbocycles. The molecule has 2 aromatic carbocycles. The van der Waals surface area contributed by atoms with Crippen LogP contribution in [-0.4, -0.2) is 28.9 Å². The number of halogens is 2. The fourth-order valence-corrected chi connectivity index (χ4v) is 5.84. The Balaban J connectivity index is 1.59. The standard InChI is InChI=1S/C18H20F2N2O4S2/c19-13-3-1-5-17(11-13)27(23,24)21-15-7-9-16(10-8-15)22-28(25,26)18-6-2-4-14(20)12-18/h1-6,11-12,15-16,21-22H,7-10H2. The van der Waals surface area contributed by atoms with E-state index in [1.807, 2.05) is 0 Å². The molecular weight excluding hydrogens is 410 g/mol. The van der Waals surface area contributed by atoms with Crippen molar-refractivity contribution in [2.45, 2.75) is 47.6 Å². The minimum Gasteiger partial charge on any atom is -0.208 e. The predicted molar refractivity (Wildman–Crippen MR) is 99.5 cm³/mol. The van der Waals surface area contributed by atoms with Gasteiger partial charge in [-0.1, -0.05) is 12.1 Å². The molecule has 0 spiro atoms. The zero-order valence-electron chi connectivity index (χ0n) is 14.8. The van der Waals surface area contributed by atoms with Gasteiger partial charge in [0.1, 0.15) is 11.6 Å². The van der Waals surface area contributed by atoms with Gasteiger partial charge in [-0.05, 0) is 62.1 Å². The molecule has 6 nitrogen and oxygen atoms in total. The first-order valence-corrected chi connectivity index (χ1v) is 11.7. The molecule has 0 atom stereocenters. The Kier molecular flexibility index (Phi) is 6.13. The van der Waals surface area contributed by atoms with Crippen molar-refractivity contribution in [1.82, 2.24) is 9.44 Å². The fourth-order valence-electron chi connectivity index (χ4n) is 3.17. The van der Waals surface area contributed by atoms with Gasteiger partial charge in [0.25, 0.3) is 0 Å². The average Bonchev–Trinajstić information content (AvgIpc) is 2.63. The van der Waals surface area contributed by atoms with E-state index in [1.54, 1.807) is 0 Å². The molecule has 0 heterocycles. The highest BCUT2D eigenvalue weighted by molar-refractivity contribution is 7.89. The summed E-state index contributed by atoms with van der Waals surface area (Å²) >= 11 is 0. The summed E-state index contributed by atoms with van der Waals surface area (Å²) in [5.74, 6) is -1.28. The molecule has 0 aliphatic heterocycles. The summed E-state index contributed by atoms with van der Waals surface area (Å²) in [5.41, 5.74) is 0. The van der Waals surface area contributed by atoms with Crippen molar-refractivity contribution in [3.8, 4) is 0 Å². The number of benzene rings is 2. The Morgan fingerprint density at radius 2 is 1.04 bits per heavy atom. The first-order chi connectivity index (χ1) is 13.2. The maximum atomic E-state index is 13.3. The van der Waals surface area contributed by atoms with Crippen LogP contribution in [0.15, 0.2) is 58.3 Å². The van der Waals surface area contributed by atoms with Crippen LogP contribution in [0.4, 0.5) is 8.78 Å². The van der Waals surface area contributed by atoms with Crippen LogP contribution in [0.5, 0.6) is 0 Å². The minimum atomic E-state index is -3.85. The van der Waals surface area contributed by atoms with Crippen LogP contribution in [0.3, 0.4) is 0 Å². The van der Waals surface area contributed by atoms with Crippen LogP contribution < -0.4 is 9.44 Å². The Hall–Kier alpha value is -1.88. The van der Waals surface area contributed by atoms with E-state index in [2.05, 4.69) is 9.44 Å². The first kappa shape index (κ1) is 20.8. The molecule has 10 heteroatoms. The van der Waals surface area contributed by atoms with E-state index in [0.717, 1.165) is 24.3 Å². The molecule has 28 heavy (non-hydrogen) atoms. The summed E-state index contributed by atoms with van der Waals surface area (Å²) in [4.78, 5) is -0.303. The van der Waals surface area contributed by atoms with Gasteiger partial charge in [-0.25, -0.2) is 35.1 Å². The molecular formula is C18H20F2N2O4S2. The number of rotatable bonds is 6. The van der Waals surface area contributed by atoms with Gasteiger partial charge in [-0.3, -0.25) is 0 Å². The summed E-state index contributed by atoms with van der Waals surface area (Å²) in [6.07, 6.45) is 1.69. The van der Waals surface area contributed by atoms with Gasteiger partial charge in [-0.2, -0.15) is 0 Å². The highest BCUT2D eigenvalue weighted by Crippen LogP contribution is 2.23. The molecule has 3 rings (SSSR count). The van der Waals surface area contributed by atoms with Crippen molar-refractivity contribution in [2.75, 3.05) is 0 Å². The molecule has 152 valence electrons. The summed E-state index contributed by atoms with van der Waals surface area (Å²) in [6.45, 7) is 0. The Labute approximate surface area is 163 Å². The molecule has 2 N–H and O–H groups in total. The fraction of sp³-hybridized carbons (Fsp3) is 0.333. The van der Waals surface area contributed by atoms with Gasteiger partial charge in [0.05, 0.1) is 9.79 Å². The van der Waals surface area contributed by atoms with Crippen LogP contribution in [0.25, 0.3) is 0 Å². The zero-order valence-corrected chi connectivity index (χ0v) is 16.4. The highest BCUT2D eigenvalue weighted by atomic mass is 32.2. The smallest absolute Gasteiger partial charge is 0.208 e. The van der Waals surface area contributed by atoms with Crippen LogP contribution in [-0.2, 0) is 20.0 Å². The van der Waals surface area contributed by atoms with E-state index in [-0.39, 0.29) is 21.9 Å². The van der Waals surface area contributed by atoms with Gasteiger partial charge < -0.3 is 0 Å². The second-order valence-electron chi connectivity index (χ2n) is 6.71. The van der Waals surface area contributed by atoms with Gasteiger partial charge in [-0.15, -0.1) is 0 Å². The molecule has 1 aliphatic rings. The lowest BCUT2D eigenvalue weighted by Crippen LogP contribution is -2.43. The third-order valence-electron chi connectivity index (χ3n) is 4.58. The average molecular weight is 430 g/mol. The third kappa shape index (κ3) is 5.13. The molecule has 0 amide bonds. The molecule has 0 unspecified atom stereocenters. The molecule has 0 aromatic heterocycles. The van der Waals surface area contributed by atoms with E-state index in [4.69, 9.17) is 0 Å². The van der Waals surface area contributed by atoms with Gasteiger partial charge in [0.15, 0.2) is 0 Å². The highest BCUT2D eigenvalue weighted by Gasteiger charge is 2.28. The quantitative estimate of drug-likeness (QED) is 0.737. The van der Waals surface area contributed by atoms with Crippen LogP contribution in [0, 0.1) is 11.6 Å². The lowest BCUT2D eigenvalue weighted by Gasteiger charge is -2.29. The summed E-state index contributed by atoms with van der Waals surface area (Å²) in [5, 5.41) is 0. The number of hydrogen-bond acceptors (Lipinski definition) is 4. The number of sulfonamides is 2. The summed E-state index contributed by atoms with van der Waals surface area (Å²) in [7, 11) is -7.71. The molecule has 1 fully saturated rings. The Morgan fingerprint density at radius 1 is 0.679 bits per heavy atom. The lowest BCUT2D eigenvalue weighted by molar-refractivity contribution is 0.356. The van der Waals surface area contributed by atoms with E-state index in [1.165, 1.54) is 24.3 Å². The first-order valence-electron chi connectivity index (χ1n) is 8.71. The molecule has 2 aromatic rings. The molecule has 0 radical (unpaired) electrons. The van der Waals surface area contributed by atoms with Gasteiger partial charge >= 0.3 is 0 Å². The van der Waals surface area contributed by atoms with Gasteiger partial charge in [0, 0.05) is 12.1 Å². The van der Waals surface area contributed by atoms with Crippen LogP contribution in [0.1, 0.15) is 25.7 Å². The van der Waals surface area contributed by atoms with Crippen molar-refractivity contribution in [2.24, 2.45) is 0 Å². The molecule has 1 aliphatic carbocycles. The monoisotopic (exact) mass is 430 g/mol. The lowest BCUT2D eigenvalue weighted by atomic mass is 9.92. The summed E-state index contributed by atoms with van der Waals surface area (Å²) < 4.78 is 81.0. The normalized spacial score (nSPS) is 20.8. The van der Waals surface area contributed by atoms with Crippen molar-refractivity contribution < 1.29 is 25.6 Å². The third-order valence-corrected chi connectivity index (χ3v) is 7.62. The molecule has 0 saturated heterocycles. The minimum absolute atomic E-state index is 0.151. The second kappa shape index (κ2) is 8.24. The Bertz CT molecular complexity index is 965. The van der Waals surface area contributed by atoms with Crippen LogP contribution in [0.2, 0.25) is 0 Å². The second-order valence-corrected chi connectivity index (χ2v) is 10.1. The van der Waals surface area contributed by atoms with E-state index in [9.17, 15) is 25.6 Å². The zero-order chi connectivity index (χ0) is 20.4. The summed E-state index contributed by atoms with van der Waals surface area (Å²) in [6, 6.07) is 8.73. The van der Waals surface area contributed by atoms with Crippen LogP contribution >= 0.6 is 0 Å². The van der Waals surface area contributed by atoms with Crippen molar-refractivity contribution in [3.63, 3.8) is 0 Å². The van der Waals surface area contributed by atoms with Crippen molar-refractivity contribution in [1.29, 1.82) is 0 Å². The maximum absolute atomic E-state index is 13.3. The van der Waals surface area contributed by atoms with E-state index < -0.39 is 31.7 Å². The molecule has 0 bridgehead atoms. The van der Waals surface area contributed by atoms with Crippen molar-refractivity contribution >= 4 is 20.0 Å². The SMILES string of the molecule is O=S(=O)(NC1CCC(NS(=O)(=O)c2cccc(F)c2)CC1)c1cccc(F)c1. The predicted octanol–water partition coefficient (Wildman–Crippen LogP) is 2.53. The van der Waals surface area contributed by atoms with Gasteiger partial charge in [0.2, 0.25) is 20.0 Å². The van der Waals surface area contributed by atoms with Crippen molar-refractivity contribution in [3.05, 3.63) is 60.2 Å². The Morgan fingerprint density at radius 3 is 1.36 bits per heavy atom. The van der Waals surface area contributed by atoms with E-state index in [0.29, 0.717) is 25.7 Å².